The van der Waals surface area contributed by atoms with Crippen LogP contribution in [-0.2, 0) is 17.9 Å². The van der Waals surface area contributed by atoms with Crippen molar-refractivity contribution in [2.45, 2.75) is 19.5 Å². The quantitative estimate of drug-likeness (QED) is 0.520. The fourth-order valence-corrected chi connectivity index (χ4v) is 3.49. The van der Waals surface area contributed by atoms with Crippen molar-refractivity contribution in [3.63, 3.8) is 0 Å². The van der Waals surface area contributed by atoms with Gasteiger partial charge in [0.2, 0.25) is 5.91 Å². The summed E-state index contributed by atoms with van der Waals surface area (Å²) in [5.41, 5.74) is 0.847. The smallest absolute Gasteiger partial charge is 0.358 e. The lowest BCUT2D eigenvalue weighted by molar-refractivity contribution is -0.389. The van der Waals surface area contributed by atoms with Crippen molar-refractivity contribution in [3.8, 4) is 0 Å². The Morgan fingerprint density at radius 2 is 1.93 bits per heavy atom. The summed E-state index contributed by atoms with van der Waals surface area (Å²) >= 11 is 11.8. The molecule has 1 aromatic carbocycles. The normalized spacial score (nSPS) is 15.0. The Balaban J connectivity index is 1.47. The van der Waals surface area contributed by atoms with E-state index in [-0.39, 0.29) is 29.7 Å². The largest absolute Gasteiger partial charge is 0.408 e. The van der Waals surface area contributed by atoms with Crippen molar-refractivity contribution < 1.29 is 14.1 Å². The molecule has 1 fully saturated rings. The molecular weight excluding hydrogens is 412 g/mol. The molecule has 3 rings (SSSR count). The third-order valence-electron chi connectivity index (χ3n) is 4.56. The van der Waals surface area contributed by atoms with Crippen molar-refractivity contribution in [1.82, 2.24) is 19.6 Å². The minimum Gasteiger partial charge on any atom is -0.358 e. The summed E-state index contributed by atoms with van der Waals surface area (Å²) in [7, 11) is 0. The van der Waals surface area contributed by atoms with E-state index in [9.17, 15) is 19.3 Å². The lowest BCUT2D eigenvalue weighted by Crippen LogP contribution is -2.48. The van der Waals surface area contributed by atoms with Crippen molar-refractivity contribution >= 4 is 34.9 Å². The van der Waals surface area contributed by atoms with Crippen molar-refractivity contribution in [3.05, 3.63) is 55.9 Å². The van der Waals surface area contributed by atoms with Crippen molar-refractivity contribution in [2.24, 2.45) is 0 Å². The van der Waals surface area contributed by atoms with Crippen molar-refractivity contribution in [1.29, 1.82) is 0 Å². The monoisotopic (exact) mass is 429 g/mol. The molecule has 1 saturated heterocycles. The van der Waals surface area contributed by atoms with Gasteiger partial charge in [-0.05, 0) is 22.6 Å². The third kappa shape index (κ3) is 4.98. The summed E-state index contributed by atoms with van der Waals surface area (Å²) in [6.45, 7) is 3.31. The Morgan fingerprint density at radius 1 is 1.21 bits per heavy atom. The first kappa shape index (κ1) is 20.5. The zero-order valence-corrected chi connectivity index (χ0v) is 16.4. The summed E-state index contributed by atoms with van der Waals surface area (Å²) in [4.78, 5) is 26.4. The first-order chi connectivity index (χ1) is 13.3. The highest BCUT2D eigenvalue weighted by molar-refractivity contribution is 6.32. The Bertz CT molecular complexity index is 884. The molecule has 11 heteroatoms. The second-order valence-electron chi connectivity index (χ2n) is 6.46. The summed E-state index contributed by atoms with van der Waals surface area (Å²) < 4.78 is 14.4. The van der Waals surface area contributed by atoms with E-state index in [1.54, 1.807) is 11.0 Å². The average molecular weight is 430 g/mol. The van der Waals surface area contributed by atoms with Crippen LogP contribution in [0.5, 0.6) is 0 Å². The number of amides is 1. The van der Waals surface area contributed by atoms with Crippen LogP contribution >= 0.6 is 23.2 Å². The SMILES string of the molecule is O=C(CCn1cc(Cl)c([N+](=O)[O-])n1)N1CCN(Cc2ccc(F)cc2Cl)CC1. The van der Waals surface area contributed by atoms with Gasteiger partial charge in [-0.1, -0.05) is 29.3 Å². The molecule has 0 bridgehead atoms. The first-order valence-corrected chi connectivity index (χ1v) is 9.40. The fourth-order valence-electron chi connectivity index (χ4n) is 3.04. The molecule has 0 N–H and O–H groups in total. The Morgan fingerprint density at radius 3 is 2.54 bits per heavy atom. The molecule has 28 heavy (non-hydrogen) atoms. The van der Waals surface area contributed by atoms with E-state index in [1.165, 1.54) is 23.0 Å². The van der Waals surface area contributed by atoms with Gasteiger partial charge >= 0.3 is 5.82 Å². The molecule has 1 aliphatic heterocycles. The van der Waals surface area contributed by atoms with Gasteiger partial charge in [0, 0.05) is 44.2 Å². The average Bonchev–Trinajstić information content (AvgIpc) is 3.03. The summed E-state index contributed by atoms with van der Waals surface area (Å²) in [6, 6.07) is 4.35. The maximum Gasteiger partial charge on any atom is 0.408 e. The van der Waals surface area contributed by atoms with Gasteiger partial charge in [-0.15, -0.1) is 0 Å². The highest BCUT2D eigenvalue weighted by Gasteiger charge is 2.23. The van der Waals surface area contributed by atoms with Crippen molar-refractivity contribution in [2.75, 3.05) is 26.2 Å². The molecule has 0 radical (unpaired) electrons. The van der Waals surface area contributed by atoms with E-state index < -0.39 is 10.7 Å². The lowest BCUT2D eigenvalue weighted by Gasteiger charge is -2.35. The van der Waals surface area contributed by atoms with Gasteiger partial charge in [0.15, 0.2) is 5.02 Å². The molecule has 0 aliphatic carbocycles. The van der Waals surface area contributed by atoms with Gasteiger partial charge in [-0.2, -0.15) is 4.68 Å². The van der Waals surface area contributed by atoms with Crippen LogP contribution in [0.25, 0.3) is 0 Å². The van der Waals surface area contributed by atoms with E-state index in [4.69, 9.17) is 23.2 Å². The second-order valence-corrected chi connectivity index (χ2v) is 7.28. The Kier molecular flexibility index (Phi) is 6.48. The molecule has 8 nitrogen and oxygen atoms in total. The van der Waals surface area contributed by atoms with Gasteiger partial charge in [0.25, 0.3) is 0 Å². The van der Waals surface area contributed by atoms with Gasteiger partial charge in [0.05, 0.1) is 17.8 Å². The predicted molar refractivity (Wildman–Crippen MR) is 102 cm³/mol. The summed E-state index contributed by atoms with van der Waals surface area (Å²) in [5.74, 6) is -0.830. The maximum absolute atomic E-state index is 13.1. The summed E-state index contributed by atoms with van der Waals surface area (Å²) in [5, 5.41) is 14.9. The summed E-state index contributed by atoms with van der Waals surface area (Å²) in [6.07, 6.45) is 1.52. The third-order valence-corrected chi connectivity index (χ3v) is 5.18. The molecule has 0 unspecified atom stereocenters. The van der Waals surface area contributed by atoms with Gasteiger partial charge < -0.3 is 15.0 Å². The number of hydrogen-bond donors (Lipinski definition) is 0. The molecule has 2 heterocycles. The molecule has 1 amide bonds. The van der Waals surface area contributed by atoms with Crippen LogP contribution in [0.4, 0.5) is 10.2 Å². The number of nitro groups is 1. The van der Waals surface area contributed by atoms with Crippen LogP contribution in [0.15, 0.2) is 24.4 Å². The Hall–Kier alpha value is -2.23. The number of nitrogens with zero attached hydrogens (tertiary/aromatic N) is 5. The van der Waals surface area contributed by atoms with Crippen LogP contribution in [0.2, 0.25) is 10.0 Å². The van der Waals surface area contributed by atoms with Gasteiger partial charge in [-0.25, -0.2) is 4.39 Å². The molecule has 0 saturated carbocycles. The van der Waals surface area contributed by atoms with E-state index in [1.807, 2.05) is 0 Å². The molecule has 150 valence electrons. The number of hydrogen-bond acceptors (Lipinski definition) is 5. The number of piperazine rings is 1. The predicted octanol–water partition coefficient (Wildman–Crippen LogP) is 2.97. The van der Waals surface area contributed by atoms with Gasteiger partial charge in [0.1, 0.15) is 5.82 Å². The highest BCUT2D eigenvalue weighted by Crippen LogP contribution is 2.22. The zero-order valence-electron chi connectivity index (χ0n) is 14.9. The standard InChI is InChI=1S/C17H18Cl2FN5O3/c18-14-9-13(20)2-1-12(14)10-22-5-7-23(8-6-22)16(26)3-4-24-11-15(19)17(21-24)25(27)28/h1-2,9,11H,3-8,10H2. The van der Waals surface area contributed by atoms with Crippen LogP contribution in [0.1, 0.15) is 12.0 Å². The van der Waals surface area contributed by atoms with E-state index >= 15 is 0 Å². The van der Waals surface area contributed by atoms with Crippen LogP contribution in [0, 0.1) is 15.9 Å². The highest BCUT2D eigenvalue weighted by atomic mass is 35.5. The molecular formula is C17H18Cl2FN5O3. The molecule has 2 aromatic rings. The number of halogens is 3. The lowest BCUT2D eigenvalue weighted by atomic mass is 10.2. The maximum atomic E-state index is 13.1. The number of carbonyl (C=O) groups is 1. The zero-order chi connectivity index (χ0) is 20.3. The fraction of sp³-hybridized carbons (Fsp3) is 0.412. The minimum absolute atomic E-state index is 0.0475. The minimum atomic E-state index is -0.659. The van der Waals surface area contributed by atoms with Crippen LogP contribution in [0.3, 0.4) is 0 Å². The second kappa shape index (κ2) is 8.85. The molecule has 1 aromatic heterocycles. The Labute approximate surface area is 170 Å². The van der Waals surface area contributed by atoms with Crippen LogP contribution < -0.4 is 0 Å². The van der Waals surface area contributed by atoms with E-state index in [0.29, 0.717) is 37.7 Å². The first-order valence-electron chi connectivity index (χ1n) is 8.65. The topological polar surface area (TPSA) is 84.5 Å². The molecule has 1 aliphatic rings. The molecule has 0 atom stereocenters. The van der Waals surface area contributed by atoms with Crippen LogP contribution in [-0.4, -0.2) is 56.6 Å². The number of benzene rings is 1. The van der Waals surface area contributed by atoms with E-state index in [2.05, 4.69) is 10.00 Å². The number of carbonyl (C=O) groups excluding carboxylic acids is 1. The number of rotatable bonds is 6. The molecule has 0 spiro atoms. The number of aryl methyl sites for hydroxylation is 1. The number of aromatic nitrogens is 2. The van der Waals surface area contributed by atoms with E-state index in [0.717, 1.165) is 5.56 Å². The van der Waals surface area contributed by atoms with Gasteiger partial charge in [-0.3, -0.25) is 9.69 Å².